The van der Waals surface area contributed by atoms with E-state index in [-0.39, 0.29) is 5.97 Å². The molecule has 1 aliphatic heterocycles. The van der Waals surface area contributed by atoms with Crippen molar-refractivity contribution in [3.05, 3.63) is 0 Å². The lowest BCUT2D eigenvalue weighted by atomic mass is 9.91. The van der Waals surface area contributed by atoms with Gasteiger partial charge in [0.25, 0.3) is 0 Å². The molecule has 1 rings (SSSR count). The van der Waals surface area contributed by atoms with Crippen LogP contribution >= 0.6 is 0 Å². The van der Waals surface area contributed by atoms with Gasteiger partial charge in [0.1, 0.15) is 0 Å². The Bertz CT molecular complexity index is 244. The molecule has 0 spiro atoms. The highest BCUT2D eigenvalue weighted by molar-refractivity contribution is 5.69. The maximum Gasteiger partial charge on any atom is 0.306 e. The van der Waals surface area contributed by atoms with E-state index in [0.717, 1.165) is 6.54 Å². The zero-order valence-electron chi connectivity index (χ0n) is 12.1. The number of hydrogen-bond acceptors (Lipinski definition) is 4. The van der Waals surface area contributed by atoms with Crippen LogP contribution in [-0.2, 0) is 9.53 Å². The SMILES string of the molecule is CCCN1CCCC(C(C)NCCC(=O)OC)C1. The molecule has 0 aliphatic carbocycles. The summed E-state index contributed by atoms with van der Waals surface area (Å²) in [7, 11) is 1.44. The van der Waals surface area contributed by atoms with Crippen LogP contribution in [0.3, 0.4) is 0 Å². The fraction of sp³-hybridized carbons (Fsp3) is 0.929. The van der Waals surface area contributed by atoms with Crippen LogP contribution in [0.15, 0.2) is 0 Å². The van der Waals surface area contributed by atoms with Gasteiger partial charge in [-0.15, -0.1) is 0 Å². The van der Waals surface area contributed by atoms with Gasteiger partial charge in [0.2, 0.25) is 0 Å². The normalized spacial score (nSPS) is 22.7. The zero-order valence-corrected chi connectivity index (χ0v) is 12.1. The molecule has 0 aromatic rings. The first-order valence-corrected chi connectivity index (χ1v) is 7.20. The highest BCUT2D eigenvalue weighted by Gasteiger charge is 2.23. The summed E-state index contributed by atoms with van der Waals surface area (Å²) in [5, 5.41) is 3.45. The van der Waals surface area contributed by atoms with Crippen LogP contribution in [0.2, 0.25) is 0 Å². The summed E-state index contributed by atoms with van der Waals surface area (Å²) in [6, 6.07) is 0.481. The van der Waals surface area contributed by atoms with Crippen molar-refractivity contribution in [3.8, 4) is 0 Å². The molecule has 106 valence electrons. The van der Waals surface area contributed by atoms with Crippen LogP contribution in [0.5, 0.6) is 0 Å². The number of nitrogens with one attached hydrogen (secondary N) is 1. The second kappa shape index (κ2) is 8.48. The lowest BCUT2D eigenvalue weighted by Gasteiger charge is -2.36. The van der Waals surface area contributed by atoms with E-state index in [2.05, 4.69) is 28.8 Å². The molecule has 1 saturated heterocycles. The lowest BCUT2D eigenvalue weighted by Crippen LogP contribution is -2.45. The maximum absolute atomic E-state index is 11.0. The predicted molar refractivity (Wildman–Crippen MR) is 73.6 cm³/mol. The summed E-state index contributed by atoms with van der Waals surface area (Å²) in [6.07, 6.45) is 4.30. The van der Waals surface area contributed by atoms with Crippen molar-refractivity contribution >= 4 is 5.97 Å². The molecule has 0 bridgehead atoms. The smallest absolute Gasteiger partial charge is 0.306 e. The Balaban J connectivity index is 2.23. The molecule has 0 amide bonds. The van der Waals surface area contributed by atoms with Crippen molar-refractivity contribution in [2.45, 2.75) is 45.6 Å². The zero-order chi connectivity index (χ0) is 13.4. The van der Waals surface area contributed by atoms with Gasteiger partial charge >= 0.3 is 5.97 Å². The molecule has 1 N–H and O–H groups in total. The van der Waals surface area contributed by atoms with Crippen LogP contribution in [0.1, 0.15) is 39.5 Å². The molecule has 0 radical (unpaired) electrons. The minimum atomic E-state index is -0.133. The summed E-state index contributed by atoms with van der Waals surface area (Å²) in [4.78, 5) is 13.6. The molecule has 4 heteroatoms. The molecular weight excluding hydrogens is 228 g/mol. The molecule has 18 heavy (non-hydrogen) atoms. The number of ether oxygens (including phenoxy) is 1. The summed E-state index contributed by atoms with van der Waals surface area (Å²) in [5.41, 5.74) is 0. The van der Waals surface area contributed by atoms with Crippen LogP contribution in [0, 0.1) is 5.92 Å². The number of hydrogen-bond donors (Lipinski definition) is 1. The van der Waals surface area contributed by atoms with E-state index in [9.17, 15) is 4.79 Å². The van der Waals surface area contributed by atoms with Gasteiger partial charge in [-0.1, -0.05) is 6.92 Å². The van der Waals surface area contributed by atoms with Crippen molar-refractivity contribution in [1.29, 1.82) is 0 Å². The quantitative estimate of drug-likeness (QED) is 0.703. The topological polar surface area (TPSA) is 41.6 Å². The Morgan fingerprint density at radius 3 is 3.00 bits per heavy atom. The van der Waals surface area contributed by atoms with Gasteiger partial charge in [0.15, 0.2) is 0 Å². The average Bonchev–Trinajstić information content (AvgIpc) is 2.39. The van der Waals surface area contributed by atoms with Crippen molar-refractivity contribution in [1.82, 2.24) is 10.2 Å². The Morgan fingerprint density at radius 1 is 1.56 bits per heavy atom. The monoisotopic (exact) mass is 256 g/mol. The number of piperidine rings is 1. The number of methoxy groups -OCH3 is 1. The van der Waals surface area contributed by atoms with E-state index in [1.54, 1.807) is 0 Å². The molecule has 1 fully saturated rings. The van der Waals surface area contributed by atoms with Crippen LogP contribution in [0.25, 0.3) is 0 Å². The van der Waals surface area contributed by atoms with E-state index in [1.165, 1.54) is 46.0 Å². The van der Waals surface area contributed by atoms with Crippen LogP contribution in [0.4, 0.5) is 0 Å². The Labute approximate surface area is 111 Å². The molecule has 0 aromatic carbocycles. The fourth-order valence-electron chi connectivity index (χ4n) is 2.69. The van der Waals surface area contributed by atoms with Gasteiger partial charge in [-0.3, -0.25) is 4.79 Å². The fourth-order valence-corrected chi connectivity index (χ4v) is 2.69. The highest BCUT2D eigenvalue weighted by atomic mass is 16.5. The summed E-state index contributed by atoms with van der Waals surface area (Å²) < 4.78 is 4.64. The third-order valence-electron chi connectivity index (χ3n) is 3.81. The van der Waals surface area contributed by atoms with Gasteiger partial charge in [-0.25, -0.2) is 0 Å². The summed E-state index contributed by atoms with van der Waals surface area (Å²) in [5.74, 6) is 0.578. The van der Waals surface area contributed by atoms with E-state index in [4.69, 9.17) is 0 Å². The van der Waals surface area contributed by atoms with Gasteiger partial charge in [-0.2, -0.15) is 0 Å². The average molecular weight is 256 g/mol. The van der Waals surface area contributed by atoms with Gasteiger partial charge in [0.05, 0.1) is 13.5 Å². The molecule has 4 nitrogen and oxygen atoms in total. The second-order valence-corrected chi connectivity index (χ2v) is 5.27. The summed E-state index contributed by atoms with van der Waals surface area (Å²) >= 11 is 0. The van der Waals surface area contributed by atoms with Gasteiger partial charge in [-0.05, 0) is 45.2 Å². The largest absolute Gasteiger partial charge is 0.469 e. The minimum Gasteiger partial charge on any atom is -0.469 e. The number of rotatable bonds is 7. The molecule has 0 saturated carbocycles. The standard InChI is InChI=1S/C14H28N2O2/c1-4-9-16-10-5-6-13(11-16)12(2)15-8-7-14(17)18-3/h12-13,15H,4-11H2,1-3H3. The number of esters is 1. The molecular formula is C14H28N2O2. The highest BCUT2D eigenvalue weighted by Crippen LogP contribution is 2.19. The van der Waals surface area contributed by atoms with Gasteiger partial charge in [0, 0.05) is 19.1 Å². The van der Waals surface area contributed by atoms with E-state index in [0.29, 0.717) is 18.4 Å². The summed E-state index contributed by atoms with van der Waals surface area (Å²) in [6.45, 7) is 8.85. The molecule has 2 atom stereocenters. The Kier molecular flexibility index (Phi) is 7.28. The number of carbonyl (C=O) groups excluding carboxylic acids is 1. The number of likely N-dealkylation sites (tertiary alicyclic amines) is 1. The first-order valence-electron chi connectivity index (χ1n) is 7.20. The molecule has 2 unspecified atom stereocenters. The van der Waals surface area contributed by atoms with Crippen molar-refractivity contribution in [3.63, 3.8) is 0 Å². The first-order chi connectivity index (χ1) is 8.67. The van der Waals surface area contributed by atoms with Crippen molar-refractivity contribution in [2.75, 3.05) is 33.3 Å². The van der Waals surface area contributed by atoms with Gasteiger partial charge < -0.3 is 15.0 Å². The first kappa shape index (κ1) is 15.4. The number of nitrogens with zero attached hydrogens (tertiary/aromatic N) is 1. The second-order valence-electron chi connectivity index (χ2n) is 5.27. The molecule has 0 aromatic heterocycles. The predicted octanol–water partition coefficient (Wildman–Crippen LogP) is 1.65. The maximum atomic E-state index is 11.0. The van der Waals surface area contributed by atoms with Crippen LogP contribution < -0.4 is 5.32 Å². The van der Waals surface area contributed by atoms with E-state index in [1.807, 2.05) is 0 Å². The lowest BCUT2D eigenvalue weighted by molar-refractivity contribution is -0.140. The minimum absolute atomic E-state index is 0.133. The number of carbonyl (C=O) groups is 1. The Hall–Kier alpha value is -0.610. The molecule has 1 aliphatic rings. The van der Waals surface area contributed by atoms with Crippen molar-refractivity contribution in [2.24, 2.45) is 5.92 Å². The van der Waals surface area contributed by atoms with E-state index >= 15 is 0 Å². The van der Waals surface area contributed by atoms with Crippen LogP contribution in [-0.4, -0.2) is 50.2 Å². The third-order valence-corrected chi connectivity index (χ3v) is 3.81. The third kappa shape index (κ3) is 5.36. The van der Waals surface area contributed by atoms with Crippen molar-refractivity contribution < 1.29 is 9.53 Å². The Morgan fingerprint density at radius 2 is 2.33 bits per heavy atom. The van der Waals surface area contributed by atoms with E-state index < -0.39 is 0 Å². The molecule has 1 heterocycles.